The third kappa shape index (κ3) is 3.42. The molecule has 16 heavy (non-hydrogen) atoms. The van der Waals surface area contributed by atoms with Crippen LogP contribution in [0.15, 0.2) is 35.9 Å². The van der Waals surface area contributed by atoms with Crippen molar-refractivity contribution in [1.82, 2.24) is 0 Å². The highest BCUT2D eigenvalue weighted by atomic mass is 16.5. The summed E-state index contributed by atoms with van der Waals surface area (Å²) in [5.41, 5.74) is 1.56. The van der Waals surface area contributed by atoms with Crippen molar-refractivity contribution in [3.8, 4) is 5.75 Å². The SMILES string of the molecule is C/C=C(\C)C(=O)OCc1ccc(OC)cc1. The Morgan fingerprint density at radius 3 is 2.44 bits per heavy atom. The van der Waals surface area contributed by atoms with Gasteiger partial charge in [0, 0.05) is 5.57 Å². The molecule has 0 aromatic heterocycles. The molecule has 0 aliphatic rings. The zero-order valence-corrected chi connectivity index (χ0v) is 9.82. The van der Waals surface area contributed by atoms with E-state index in [4.69, 9.17) is 9.47 Å². The fourth-order valence-electron chi connectivity index (χ4n) is 1.10. The number of carbonyl (C=O) groups excluding carboxylic acids is 1. The number of methoxy groups -OCH3 is 1. The molecule has 1 aromatic carbocycles. The van der Waals surface area contributed by atoms with Gasteiger partial charge >= 0.3 is 5.97 Å². The molecule has 3 nitrogen and oxygen atoms in total. The maximum absolute atomic E-state index is 11.4. The number of allylic oxidation sites excluding steroid dienone is 1. The van der Waals surface area contributed by atoms with Gasteiger partial charge in [-0.05, 0) is 31.5 Å². The average molecular weight is 220 g/mol. The van der Waals surface area contributed by atoms with Crippen molar-refractivity contribution in [1.29, 1.82) is 0 Å². The predicted molar refractivity (Wildman–Crippen MR) is 62.2 cm³/mol. The molecule has 0 unspecified atom stereocenters. The molecular weight excluding hydrogens is 204 g/mol. The summed E-state index contributed by atoms with van der Waals surface area (Å²) in [6.45, 7) is 3.83. The number of ether oxygens (including phenoxy) is 2. The number of hydrogen-bond acceptors (Lipinski definition) is 3. The van der Waals surface area contributed by atoms with Crippen LogP contribution in [-0.4, -0.2) is 13.1 Å². The summed E-state index contributed by atoms with van der Waals surface area (Å²) in [6.07, 6.45) is 1.73. The molecule has 86 valence electrons. The van der Waals surface area contributed by atoms with E-state index in [1.54, 1.807) is 20.1 Å². The second-order valence-corrected chi connectivity index (χ2v) is 3.40. The van der Waals surface area contributed by atoms with Gasteiger partial charge < -0.3 is 9.47 Å². The van der Waals surface area contributed by atoms with Crippen LogP contribution in [0.4, 0.5) is 0 Å². The summed E-state index contributed by atoms with van der Waals surface area (Å²) in [6, 6.07) is 7.42. The topological polar surface area (TPSA) is 35.5 Å². The minimum atomic E-state index is -0.279. The molecule has 1 aromatic rings. The first-order valence-corrected chi connectivity index (χ1v) is 5.10. The summed E-state index contributed by atoms with van der Waals surface area (Å²) in [5, 5.41) is 0. The molecule has 0 amide bonds. The third-order valence-corrected chi connectivity index (χ3v) is 2.28. The molecule has 0 radical (unpaired) electrons. The highest BCUT2D eigenvalue weighted by Crippen LogP contribution is 2.12. The number of carbonyl (C=O) groups is 1. The summed E-state index contributed by atoms with van der Waals surface area (Å²) < 4.78 is 10.1. The Labute approximate surface area is 95.7 Å². The molecule has 0 atom stereocenters. The zero-order chi connectivity index (χ0) is 12.0. The summed E-state index contributed by atoms with van der Waals surface area (Å²) in [7, 11) is 1.62. The fourth-order valence-corrected chi connectivity index (χ4v) is 1.10. The lowest BCUT2D eigenvalue weighted by molar-refractivity contribution is -0.140. The van der Waals surface area contributed by atoms with E-state index in [1.165, 1.54) is 0 Å². The van der Waals surface area contributed by atoms with E-state index in [-0.39, 0.29) is 12.6 Å². The van der Waals surface area contributed by atoms with Crippen LogP contribution in [0.1, 0.15) is 19.4 Å². The van der Waals surface area contributed by atoms with Crippen LogP contribution >= 0.6 is 0 Å². The molecular formula is C13H16O3. The minimum absolute atomic E-state index is 0.279. The van der Waals surface area contributed by atoms with Crippen molar-refractivity contribution in [2.24, 2.45) is 0 Å². The summed E-state index contributed by atoms with van der Waals surface area (Å²) in [4.78, 5) is 11.4. The van der Waals surface area contributed by atoms with Crippen molar-refractivity contribution in [3.63, 3.8) is 0 Å². The predicted octanol–water partition coefficient (Wildman–Crippen LogP) is 2.70. The maximum Gasteiger partial charge on any atom is 0.333 e. The van der Waals surface area contributed by atoms with Gasteiger partial charge in [-0.25, -0.2) is 4.79 Å². The van der Waals surface area contributed by atoms with Crippen molar-refractivity contribution >= 4 is 5.97 Å². The first-order valence-electron chi connectivity index (χ1n) is 5.10. The molecule has 0 aliphatic heterocycles. The van der Waals surface area contributed by atoms with Gasteiger partial charge in [-0.15, -0.1) is 0 Å². The number of esters is 1. The Hall–Kier alpha value is -1.77. The first-order chi connectivity index (χ1) is 7.67. The van der Waals surface area contributed by atoms with Gasteiger partial charge in [0.1, 0.15) is 12.4 Å². The van der Waals surface area contributed by atoms with Crippen molar-refractivity contribution < 1.29 is 14.3 Å². The second kappa shape index (κ2) is 5.95. The van der Waals surface area contributed by atoms with Crippen molar-refractivity contribution in [3.05, 3.63) is 41.5 Å². The van der Waals surface area contributed by atoms with Crippen LogP contribution in [0, 0.1) is 0 Å². The molecule has 3 heteroatoms. The molecule has 0 saturated carbocycles. The Kier molecular flexibility index (Phi) is 4.58. The highest BCUT2D eigenvalue weighted by molar-refractivity contribution is 5.87. The van der Waals surface area contributed by atoms with Crippen LogP contribution in [0.25, 0.3) is 0 Å². The second-order valence-electron chi connectivity index (χ2n) is 3.40. The largest absolute Gasteiger partial charge is 0.497 e. The molecule has 0 saturated heterocycles. The Morgan fingerprint density at radius 1 is 1.31 bits per heavy atom. The van der Waals surface area contributed by atoms with E-state index in [9.17, 15) is 4.79 Å². The number of rotatable bonds is 4. The Morgan fingerprint density at radius 2 is 1.94 bits per heavy atom. The van der Waals surface area contributed by atoms with E-state index in [1.807, 2.05) is 31.2 Å². The Balaban J connectivity index is 2.52. The van der Waals surface area contributed by atoms with Crippen LogP contribution < -0.4 is 4.74 Å². The standard InChI is InChI=1S/C13H16O3/c1-4-10(2)13(14)16-9-11-5-7-12(15-3)8-6-11/h4-8H,9H2,1-3H3/b10-4+. The molecule has 0 bridgehead atoms. The van der Waals surface area contributed by atoms with Crippen LogP contribution in [0.2, 0.25) is 0 Å². The molecule has 0 spiro atoms. The molecule has 1 rings (SSSR count). The van der Waals surface area contributed by atoms with E-state index < -0.39 is 0 Å². The van der Waals surface area contributed by atoms with Gasteiger partial charge in [0.2, 0.25) is 0 Å². The lowest BCUT2D eigenvalue weighted by Gasteiger charge is -2.05. The lowest BCUT2D eigenvalue weighted by atomic mass is 10.2. The highest BCUT2D eigenvalue weighted by Gasteiger charge is 2.04. The van der Waals surface area contributed by atoms with Crippen LogP contribution in [0.3, 0.4) is 0 Å². The van der Waals surface area contributed by atoms with Gasteiger partial charge in [-0.2, -0.15) is 0 Å². The van der Waals surface area contributed by atoms with E-state index in [0.29, 0.717) is 5.57 Å². The minimum Gasteiger partial charge on any atom is -0.497 e. The van der Waals surface area contributed by atoms with Crippen molar-refractivity contribution in [2.75, 3.05) is 7.11 Å². The summed E-state index contributed by atoms with van der Waals surface area (Å²) >= 11 is 0. The first kappa shape index (κ1) is 12.3. The van der Waals surface area contributed by atoms with Crippen LogP contribution in [-0.2, 0) is 16.1 Å². The third-order valence-electron chi connectivity index (χ3n) is 2.28. The van der Waals surface area contributed by atoms with Crippen LogP contribution in [0.5, 0.6) is 5.75 Å². The lowest BCUT2D eigenvalue weighted by Crippen LogP contribution is -2.05. The summed E-state index contributed by atoms with van der Waals surface area (Å²) in [5.74, 6) is 0.512. The van der Waals surface area contributed by atoms with E-state index >= 15 is 0 Å². The van der Waals surface area contributed by atoms with Gasteiger partial charge in [0.25, 0.3) is 0 Å². The van der Waals surface area contributed by atoms with Gasteiger partial charge in [-0.1, -0.05) is 18.2 Å². The zero-order valence-electron chi connectivity index (χ0n) is 9.82. The average Bonchev–Trinajstić information content (AvgIpc) is 2.35. The van der Waals surface area contributed by atoms with Gasteiger partial charge in [0.05, 0.1) is 7.11 Å². The smallest absolute Gasteiger partial charge is 0.333 e. The fraction of sp³-hybridized carbons (Fsp3) is 0.308. The normalized spacial score (nSPS) is 11.1. The van der Waals surface area contributed by atoms with E-state index in [0.717, 1.165) is 11.3 Å². The number of benzene rings is 1. The number of hydrogen-bond donors (Lipinski definition) is 0. The maximum atomic E-state index is 11.4. The molecule has 0 fully saturated rings. The monoisotopic (exact) mass is 220 g/mol. The van der Waals surface area contributed by atoms with E-state index in [2.05, 4.69) is 0 Å². The quantitative estimate of drug-likeness (QED) is 0.578. The van der Waals surface area contributed by atoms with Gasteiger partial charge in [0.15, 0.2) is 0 Å². The molecule has 0 N–H and O–H groups in total. The molecule has 0 heterocycles. The Bertz CT molecular complexity index is 377. The van der Waals surface area contributed by atoms with Crippen molar-refractivity contribution in [2.45, 2.75) is 20.5 Å². The van der Waals surface area contributed by atoms with Gasteiger partial charge in [-0.3, -0.25) is 0 Å². The molecule has 0 aliphatic carbocycles.